The number of carbonyl (C=O) groups is 7. The number of hydrogen-bond acceptors (Lipinski definition) is 8. The zero-order valence-electron chi connectivity index (χ0n) is 28.0. The summed E-state index contributed by atoms with van der Waals surface area (Å²) < 4.78 is 5.40. The third-order valence-corrected chi connectivity index (χ3v) is 10.7. The molecule has 6 rings (SSSR count). The highest BCUT2D eigenvalue weighted by Crippen LogP contribution is 2.31. The fourth-order valence-electron chi connectivity index (χ4n) is 7.89. The van der Waals surface area contributed by atoms with Gasteiger partial charge in [0.1, 0.15) is 17.6 Å². The standard InChI is InChI=1S/C36H44N6O8/c37-31(45)30(44)36(13-16-50-17-14-36)40-33(47)28-20-26(41-15-12-29(43)39-35(41)49)21-42(28)34(48)27(18-22-6-2-1-3-7-22)38-32(46)25-11-10-23-8-4-5-9-24(23)19-25/h4-5,8-11,19,22,26-28H,1-3,6-7,12-18,20-21H2,(H2,37,45)(H,38,46)(H,40,47)(H,39,43,49)/t26-,27+,28-/m0/s1. The van der Waals surface area contributed by atoms with Crippen molar-refractivity contribution in [3.05, 3.63) is 48.0 Å². The minimum absolute atomic E-state index is 0.0191. The molecule has 14 heteroatoms. The largest absolute Gasteiger partial charge is 0.381 e. The van der Waals surface area contributed by atoms with Crippen molar-refractivity contribution in [1.29, 1.82) is 0 Å². The first-order chi connectivity index (χ1) is 24.0. The summed E-state index contributed by atoms with van der Waals surface area (Å²) in [4.78, 5) is 95.4. The van der Waals surface area contributed by atoms with Gasteiger partial charge in [0.05, 0.1) is 6.04 Å². The molecule has 7 amide bonds. The van der Waals surface area contributed by atoms with Crippen molar-refractivity contribution in [3.8, 4) is 0 Å². The third-order valence-electron chi connectivity index (χ3n) is 10.7. The fourth-order valence-corrected chi connectivity index (χ4v) is 7.89. The summed E-state index contributed by atoms with van der Waals surface area (Å²) in [6, 6.07) is 9.60. The van der Waals surface area contributed by atoms with Crippen LogP contribution >= 0.6 is 0 Å². The van der Waals surface area contributed by atoms with Crippen molar-refractivity contribution in [2.45, 2.75) is 87.9 Å². The number of ketones is 1. The molecule has 50 heavy (non-hydrogen) atoms. The van der Waals surface area contributed by atoms with Gasteiger partial charge >= 0.3 is 6.03 Å². The van der Waals surface area contributed by atoms with Crippen LogP contribution in [0.3, 0.4) is 0 Å². The second-order valence-corrected chi connectivity index (χ2v) is 13.9. The third kappa shape index (κ3) is 7.49. The monoisotopic (exact) mass is 688 g/mol. The average Bonchev–Trinajstić information content (AvgIpc) is 3.56. The van der Waals surface area contributed by atoms with Gasteiger partial charge in [-0.2, -0.15) is 0 Å². The Labute approximate surface area is 289 Å². The van der Waals surface area contributed by atoms with Crippen LogP contribution in [0.2, 0.25) is 0 Å². The summed E-state index contributed by atoms with van der Waals surface area (Å²) in [7, 11) is 0. The number of benzene rings is 2. The van der Waals surface area contributed by atoms with Crippen molar-refractivity contribution in [2.24, 2.45) is 11.7 Å². The number of hydrogen-bond donors (Lipinski definition) is 4. The van der Waals surface area contributed by atoms with Crippen LogP contribution in [-0.4, -0.2) is 101 Å². The normalized spacial score (nSPS) is 23.2. The highest BCUT2D eigenvalue weighted by atomic mass is 16.5. The Bertz CT molecular complexity index is 1680. The molecule has 3 atom stereocenters. The number of amides is 7. The Kier molecular flexibility index (Phi) is 10.5. The molecular formula is C36H44N6O8. The van der Waals surface area contributed by atoms with Crippen LogP contribution in [0.15, 0.2) is 42.5 Å². The van der Waals surface area contributed by atoms with Crippen molar-refractivity contribution >= 4 is 52.1 Å². The van der Waals surface area contributed by atoms with E-state index in [1.165, 1.54) is 9.80 Å². The lowest BCUT2D eigenvalue weighted by atomic mass is 9.84. The highest BCUT2D eigenvalue weighted by molar-refractivity contribution is 6.39. The minimum Gasteiger partial charge on any atom is -0.381 e. The van der Waals surface area contributed by atoms with E-state index in [0.29, 0.717) is 12.0 Å². The summed E-state index contributed by atoms with van der Waals surface area (Å²) >= 11 is 0. The average molecular weight is 689 g/mol. The maximum atomic E-state index is 14.7. The highest BCUT2D eigenvalue weighted by Gasteiger charge is 2.50. The number of nitrogens with one attached hydrogen (secondary N) is 3. The number of nitrogens with two attached hydrogens (primary N) is 1. The maximum absolute atomic E-state index is 14.7. The SMILES string of the molecule is NC(=O)C(=O)C1(NC(=O)[C@@H]2C[C@H](N3CCC(=O)NC3=O)CN2C(=O)[C@@H](CC2CCCCC2)NC(=O)c2ccc3ccccc3c2)CCOCC1. The number of rotatable bonds is 10. The van der Waals surface area contributed by atoms with E-state index in [1.54, 1.807) is 12.1 Å². The van der Waals surface area contributed by atoms with Gasteiger partial charge < -0.3 is 30.9 Å². The van der Waals surface area contributed by atoms with Crippen LogP contribution in [0.25, 0.3) is 10.8 Å². The number of primary amides is 1. The van der Waals surface area contributed by atoms with Gasteiger partial charge in [-0.1, -0.05) is 62.4 Å². The van der Waals surface area contributed by atoms with Crippen molar-refractivity contribution in [1.82, 2.24) is 25.8 Å². The molecule has 3 heterocycles. The van der Waals surface area contributed by atoms with E-state index >= 15 is 0 Å². The smallest absolute Gasteiger partial charge is 0.324 e. The molecule has 2 aromatic carbocycles. The number of ether oxygens (including phenoxy) is 1. The van der Waals surface area contributed by atoms with Gasteiger partial charge in [0, 0.05) is 51.1 Å². The van der Waals surface area contributed by atoms with Gasteiger partial charge in [0.25, 0.3) is 11.8 Å². The molecule has 2 aromatic rings. The van der Waals surface area contributed by atoms with Gasteiger partial charge in [-0.3, -0.25) is 34.1 Å². The van der Waals surface area contributed by atoms with E-state index in [4.69, 9.17) is 10.5 Å². The summed E-state index contributed by atoms with van der Waals surface area (Å²) in [6.07, 6.45) is 5.45. The second kappa shape index (κ2) is 15.0. The zero-order valence-corrected chi connectivity index (χ0v) is 28.0. The molecule has 3 saturated heterocycles. The lowest BCUT2D eigenvalue weighted by Gasteiger charge is -2.37. The lowest BCUT2D eigenvalue weighted by molar-refractivity contribution is -0.147. The first-order valence-electron chi connectivity index (χ1n) is 17.5. The number of urea groups is 1. The Hall–Kier alpha value is -4.85. The summed E-state index contributed by atoms with van der Waals surface area (Å²) in [5.41, 5.74) is 4.18. The number of nitrogens with zero attached hydrogens (tertiary/aromatic N) is 2. The number of carbonyl (C=O) groups excluding carboxylic acids is 7. The van der Waals surface area contributed by atoms with Gasteiger partial charge in [-0.15, -0.1) is 0 Å². The molecule has 4 fully saturated rings. The predicted molar refractivity (Wildman–Crippen MR) is 180 cm³/mol. The van der Waals surface area contributed by atoms with E-state index in [2.05, 4.69) is 16.0 Å². The molecule has 0 unspecified atom stereocenters. The van der Waals surface area contributed by atoms with Crippen molar-refractivity contribution < 1.29 is 38.3 Å². The summed E-state index contributed by atoms with van der Waals surface area (Å²) in [5, 5.41) is 9.89. The van der Waals surface area contributed by atoms with Crippen LogP contribution in [0.4, 0.5) is 4.79 Å². The van der Waals surface area contributed by atoms with Crippen LogP contribution in [-0.2, 0) is 28.7 Å². The molecule has 0 aromatic heterocycles. The van der Waals surface area contributed by atoms with Crippen LogP contribution in [0.5, 0.6) is 0 Å². The molecule has 5 N–H and O–H groups in total. The van der Waals surface area contributed by atoms with Gasteiger partial charge in [0.2, 0.25) is 23.5 Å². The van der Waals surface area contributed by atoms with Crippen molar-refractivity contribution in [2.75, 3.05) is 26.3 Å². The number of imide groups is 1. The number of fused-ring (bicyclic) bond motifs is 1. The lowest BCUT2D eigenvalue weighted by Crippen LogP contribution is -2.64. The molecular weight excluding hydrogens is 644 g/mol. The van der Waals surface area contributed by atoms with Gasteiger partial charge in [0.15, 0.2) is 0 Å². The minimum atomic E-state index is -1.60. The topological polar surface area (TPSA) is 197 Å². The second-order valence-electron chi connectivity index (χ2n) is 13.9. The summed E-state index contributed by atoms with van der Waals surface area (Å²) in [6.45, 7) is 0.297. The fraction of sp³-hybridized carbons (Fsp3) is 0.528. The number of Topliss-reactive ketones (excluding diaryl/α,β-unsaturated/α-hetero) is 1. The Morgan fingerprint density at radius 1 is 0.980 bits per heavy atom. The molecule has 1 saturated carbocycles. The van der Waals surface area contributed by atoms with Gasteiger partial charge in [-0.05, 0) is 41.7 Å². The van der Waals surface area contributed by atoms with Gasteiger partial charge in [-0.25, -0.2) is 4.79 Å². The Balaban J connectivity index is 1.30. The molecule has 0 radical (unpaired) electrons. The zero-order chi connectivity index (χ0) is 35.4. The van der Waals surface area contributed by atoms with Crippen LogP contribution < -0.4 is 21.7 Å². The molecule has 3 aliphatic heterocycles. The Morgan fingerprint density at radius 3 is 2.40 bits per heavy atom. The maximum Gasteiger partial charge on any atom is 0.324 e. The van der Waals surface area contributed by atoms with E-state index in [0.717, 1.165) is 42.9 Å². The van der Waals surface area contributed by atoms with E-state index in [9.17, 15) is 33.6 Å². The van der Waals surface area contributed by atoms with E-state index in [1.807, 2.05) is 30.3 Å². The molecule has 266 valence electrons. The van der Waals surface area contributed by atoms with E-state index in [-0.39, 0.29) is 57.9 Å². The van der Waals surface area contributed by atoms with Crippen LogP contribution in [0, 0.1) is 5.92 Å². The molecule has 4 aliphatic rings. The van der Waals surface area contributed by atoms with E-state index < -0.39 is 65.0 Å². The van der Waals surface area contributed by atoms with Crippen LogP contribution in [0.1, 0.15) is 74.6 Å². The molecule has 14 nitrogen and oxygen atoms in total. The molecule has 0 bridgehead atoms. The first-order valence-corrected chi connectivity index (χ1v) is 17.5. The summed E-state index contributed by atoms with van der Waals surface area (Å²) in [5.74, 6) is -3.97. The van der Waals surface area contributed by atoms with Crippen molar-refractivity contribution in [3.63, 3.8) is 0 Å². The first kappa shape index (κ1) is 35.0. The molecule has 0 spiro atoms. The Morgan fingerprint density at radius 2 is 1.70 bits per heavy atom. The quantitative estimate of drug-likeness (QED) is 0.270. The molecule has 1 aliphatic carbocycles. The number of likely N-dealkylation sites (tertiary alicyclic amines) is 1. The predicted octanol–water partition coefficient (Wildman–Crippen LogP) is 1.54.